The van der Waals surface area contributed by atoms with Crippen molar-refractivity contribution in [3.63, 3.8) is 0 Å². The smallest absolute Gasteiger partial charge is 0.335 e. The van der Waals surface area contributed by atoms with E-state index in [0.29, 0.717) is 5.69 Å². The molecule has 19 heavy (non-hydrogen) atoms. The fourth-order valence-electron chi connectivity index (χ4n) is 1.81. The van der Waals surface area contributed by atoms with Crippen molar-refractivity contribution in [1.82, 2.24) is 4.57 Å². The van der Waals surface area contributed by atoms with Crippen molar-refractivity contribution < 1.29 is 15.0 Å². The highest BCUT2D eigenvalue weighted by molar-refractivity contribution is 6.32. The van der Waals surface area contributed by atoms with Crippen molar-refractivity contribution >= 4 is 17.6 Å². The molecule has 1 aromatic heterocycles. The summed E-state index contributed by atoms with van der Waals surface area (Å²) in [5, 5.41) is 18.5. The zero-order valence-electron chi connectivity index (χ0n) is 9.92. The van der Waals surface area contributed by atoms with Gasteiger partial charge in [0.2, 0.25) is 0 Å². The first-order valence-corrected chi connectivity index (χ1v) is 5.74. The van der Waals surface area contributed by atoms with Gasteiger partial charge in [-0.1, -0.05) is 11.6 Å². The Morgan fingerprint density at radius 3 is 2.53 bits per heavy atom. The highest BCUT2D eigenvalue weighted by Crippen LogP contribution is 2.23. The van der Waals surface area contributed by atoms with Crippen molar-refractivity contribution in [1.29, 1.82) is 0 Å². The molecular weight excluding hydrogens is 270 g/mol. The summed E-state index contributed by atoms with van der Waals surface area (Å²) in [5.41, 5.74) is 0.263. The van der Waals surface area contributed by atoms with Gasteiger partial charge >= 0.3 is 5.97 Å². The number of aryl methyl sites for hydroxylation is 1. The monoisotopic (exact) mass is 279 g/mol. The van der Waals surface area contributed by atoms with Gasteiger partial charge in [0.25, 0.3) is 5.56 Å². The van der Waals surface area contributed by atoms with E-state index in [2.05, 4.69) is 0 Å². The van der Waals surface area contributed by atoms with Crippen LogP contribution in [0.3, 0.4) is 0 Å². The van der Waals surface area contributed by atoms with E-state index in [4.69, 9.17) is 16.7 Å². The van der Waals surface area contributed by atoms with Gasteiger partial charge in [-0.25, -0.2) is 4.79 Å². The molecular formula is C13H10ClNO4. The normalized spacial score (nSPS) is 10.4. The Balaban J connectivity index is 2.75. The minimum atomic E-state index is -1.11. The average Bonchev–Trinajstić information content (AvgIpc) is 2.29. The standard InChI is InChI=1S/C13H10ClNO4/c1-7-4-9(16)6-12(17)15(7)11-5-8(13(18)19)2-3-10(11)14/h2-6,16H,1H3,(H,18,19). The number of carboxylic acids is 1. The molecule has 0 amide bonds. The van der Waals surface area contributed by atoms with Crippen molar-refractivity contribution in [3.05, 3.63) is 57.0 Å². The van der Waals surface area contributed by atoms with Gasteiger partial charge in [-0.2, -0.15) is 0 Å². The Kier molecular flexibility index (Phi) is 3.31. The topological polar surface area (TPSA) is 79.5 Å². The number of hydrogen-bond donors (Lipinski definition) is 2. The van der Waals surface area contributed by atoms with Crippen molar-refractivity contribution in [2.75, 3.05) is 0 Å². The van der Waals surface area contributed by atoms with E-state index in [9.17, 15) is 14.7 Å². The fraction of sp³-hybridized carbons (Fsp3) is 0.0769. The van der Waals surface area contributed by atoms with Gasteiger partial charge < -0.3 is 10.2 Å². The van der Waals surface area contributed by atoms with Crippen LogP contribution in [0.25, 0.3) is 5.69 Å². The maximum Gasteiger partial charge on any atom is 0.335 e. The van der Waals surface area contributed by atoms with Crippen LogP contribution >= 0.6 is 11.6 Å². The molecule has 5 nitrogen and oxygen atoms in total. The average molecular weight is 280 g/mol. The molecule has 2 aromatic rings. The number of rotatable bonds is 2. The molecule has 0 aliphatic heterocycles. The maximum atomic E-state index is 11.9. The second kappa shape index (κ2) is 4.78. The molecule has 0 aliphatic carbocycles. The molecule has 1 heterocycles. The third kappa shape index (κ3) is 2.46. The third-order valence-corrected chi connectivity index (χ3v) is 2.95. The van der Waals surface area contributed by atoms with E-state index in [1.165, 1.54) is 28.8 Å². The number of aromatic carboxylic acids is 1. The van der Waals surface area contributed by atoms with Crippen LogP contribution in [0.4, 0.5) is 0 Å². The minimum Gasteiger partial charge on any atom is -0.508 e. The van der Waals surface area contributed by atoms with Crippen LogP contribution in [0.1, 0.15) is 16.1 Å². The van der Waals surface area contributed by atoms with Gasteiger partial charge in [0.1, 0.15) is 5.75 Å². The molecule has 0 saturated heterocycles. The van der Waals surface area contributed by atoms with E-state index in [1.807, 2.05) is 0 Å². The van der Waals surface area contributed by atoms with Gasteiger partial charge in [-0.05, 0) is 31.2 Å². The summed E-state index contributed by atoms with van der Waals surface area (Å²) in [5.74, 6) is -1.26. The largest absolute Gasteiger partial charge is 0.508 e. The summed E-state index contributed by atoms with van der Waals surface area (Å²) < 4.78 is 1.24. The van der Waals surface area contributed by atoms with Gasteiger partial charge in [0.15, 0.2) is 0 Å². The molecule has 98 valence electrons. The lowest BCUT2D eigenvalue weighted by Crippen LogP contribution is -2.19. The number of nitrogens with zero attached hydrogens (tertiary/aromatic N) is 1. The zero-order chi connectivity index (χ0) is 14.2. The van der Waals surface area contributed by atoms with Gasteiger partial charge in [0, 0.05) is 11.8 Å². The van der Waals surface area contributed by atoms with Crippen LogP contribution in [0.2, 0.25) is 5.02 Å². The minimum absolute atomic E-state index is 0.0266. The van der Waals surface area contributed by atoms with Gasteiger partial charge in [-0.15, -0.1) is 0 Å². The molecule has 0 unspecified atom stereocenters. The number of hydrogen-bond acceptors (Lipinski definition) is 3. The predicted octanol–water partition coefficient (Wildman–Crippen LogP) is 2.20. The zero-order valence-corrected chi connectivity index (χ0v) is 10.7. The predicted molar refractivity (Wildman–Crippen MR) is 70.4 cm³/mol. The molecule has 0 bridgehead atoms. The number of pyridine rings is 1. The summed E-state index contributed by atoms with van der Waals surface area (Å²) in [6, 6.07) is 6.52. The van der Waals surface area contributed by atoms with E-state index in [-0.39, 0.29) is 22.0 Å². The lowest BCUT2D eigenvalue weighted by atomic mass is 10.2. The van der Waals surface area contributed by atoms with Crippen molar-refractivity contribution in [2.45, 2.75) is 6.92 Å². The highest BCUT2D eigenvalue weighted by Gasteiger charge is 2.12. The Morgan fingerprint density at radius 1 is 1.26 bits per heavy atom. The van der Waals surface area contributed by atoms with Crippen LogP contribution < -0.4 is 5.56 Å². The third-order valence-electron chi connectivity index (χ3n) is 2.64. The number of halogens is 1. The van der Waals surface area contributed by atoms with Gasteiger partial charge in [0.05, 0.1) is 16.3 Å². The summed E-state index contributed by atoms with van der Waals surface area (Å²) >= 11 is 6.00. The molecule has 1 aromatic carbocycles. The molecule has 0 aliphatic rings. The summed E-state index contributed by atoms with van der Waals surface area (Å²) in [7, 11) is 0. The molecule has 6 heteroatoms. The quantitative estimate of drug-likeness (QED) is 0.883. The van der Waals surface area contributed by atoms with Crippen LogP contribution in [0.5, 0.6) is 5.75 Å². The molecule has 2 N–H and O–H groups in total. The summed E-state index contributed by atoms with van der Waals surface area (Å²) in [6.07, 6.45) is 0. The second-order valence-electron chi connectivity index (χ2n) is 4.00. The molecule has 2 rings (SSSR count). The Bertz CT molecular complexity index is 721. The molecule has 0 fully saturated rings. The first-order chi connectivity index (χ1) is 8.90. The highest BCUT2D eigenvalue weighted by atomic mass is 35.5. The van der Waals surface area contributed by atoms with Crippen molar-refractivity contribution in [3.8, 4) is 11.4 Å². The van der Waals surface area contributed by atoms with E-state index < -0.39 is 11.5 Å². The number of aromatic nitrogens is 1. The van der Waals surface area contributed by atoms with Crippen LogP contribution in [0, 0.1) is 6.92 Å². The lowest BCUT2D eigenvalue weighted by molar-refractivity contribution is 0.0697. The fourth-order valence-corrected chi connectivity index (χ4v) is 2.01. The van der Waals surface area contributed by atoms with Gasteiger partial charge in [-0.3, -0.25) is 9.36 Å². The Morgan fingerprint density at radius 2 is 1.95 bits per heavy atom. The van der Waals surface area contributed by atoms with E-state index in [0.717, 1.165) is 6.07 Å². The van der Waals surface area contributed by atoms with E-state index in [1.54, 1.807) is 6.92 Å². The SMILES string of the molecule is Cc1cc(O)cc(=O)n1-c1cc(C(=O)O)ccc1Cl. The van der Waals surface area contributed by atoms with Crippen LogP contribution in [-0.4, -0.2) is 20.7 Å². The first kappa shape index (κ1) is 13.2. The van der Waals surface area contributed by atoms with Crippen LogP contribution in [0.15, 0.2) is 35.1 Å². The number of aromatic hydroxyl groups is 1. The summed E-state index contributed by atoms with van der Waals surface area (Å²) in [4.78, 5) is 22.8. The second-order valence-corrected chi connectivity index (χ2v) is 4.41. The molecule has 0 spiro atoms. The Labute approximate surface area is 113 Å². The van der Waals surface area contributed by atoms with Crippen LogP contribution in [-0.2, 0) is 0 Å². The maximum absolute atomic E-state index is 11.9. The number of carbonyl (C=O) groups is 1. The summed E-state index contributed by atoms with van der Waals surface area (Å²) in [6.45, 7) is 1.62. The van der Waals surface area contributed by atoms with E-state index >= 15 is 0 Å². The molecule has 0 atom stereocenters. The molecule has 0 saturated carbocycles. The Hall–Kier alpha value is -2.27. The number of carboxylic acid groups (broad SMARTS) is 1. The number of benzene rings is 1. The molecule has 0 radical (unpaired) electrons. The lowest BCUT2D eigenvalue weighted by Gasteiger charge is -2.12. The van der Waals surface area contributed by atoms with Crippen molar-refractivity contribution in [2.24, 2.45) is 0 Å². The first-order valence-electron chi connectivity index (χ1n) is 5.36.